The summed E-state index contributed by atoms with van der Waals surface area (Å²) in [5.41, 5.74) is 0.991. The van der Waals surface area contributed by atoms with E-state index >= 15 is 0 Å². The van der Waals surface area contributed by atoms with Crippen molar-refractivity contribution in [2.75, 3.05) is 20.2 Å². The average Bonchev–Trinajstić information content (AvgIpc) is 3.04. The molecule has 2 aliphatic rings. The molecule has 2 heterocycles. The van der Waals surface area contributed by atoms with E-state index in [-0.39, 0.29) is 11.9 Å². The summed E-state index contributed by atoms with van der Waals surface area (Å²) in [5.74, 6) is 1.35. The minimum absolute atomic E-state index is 0.0896. The summed E-state index contributed by atoms with van der Waals surface area (Å²) in [4.78, 5) is 17.9. The number of ether oxygens (including phenoxy) is 1. The van der Waals surface area contributed by atoms with Gasteiger partial charge < -0.3 is 9.64 Å². The Labute approximate surface area is 185 Å². The molecule has 0 radical (unpaired) electrons. The van der Waals surface area contributed by atoms with Gasteiger partial charge in [0.2, 0.25) is 5.91 Å². The Hall–Kier alpha value is -2.84. The highest BCUT2D eigenvalue weighted by molar-refractivity contribution is 5.93. The summed E-state index contributed by atoms with van der Waals surface area (Å²) in [6, 6.07) is 20.6. The summed E-state index contributed by atoms with van der Waals surface area (Å²) in [6.07, 6.45) is 0.570. The molecule has 3 unspecified atom stereocenters. The van der Waals surface area contributed by atoms with Gasteiger partial charge >= 0.3 is 0 Å². The molecule has 2 aromatic rings. The average molecular weight is 418 g/mol. The number of benzene rings is 2. The van der Waals surface area contributed by atoms with Crippen molar-refractivity contribution in [3.05, 3.63) is 65.7 Å². The summed E-state index contributed by atoms with van der Waals surface area (Å²) in [6.45, 7) is 8.40. The molecule has 4 rings (SSSR count). The van der Waals surface area contributed by atoms with E-state index in [1.165, 1.54) is 0 Å². The van der Waals surface area contributed by atoms with Crippen molar-refractivity contribution >= 4 is 5.91 Å². The molecule has 0 N–H and O–H groups in total. The van der Waals surface area contributed by atoms with Crippen LogP contribution in [0.3, 0.4) is 0 Å². The van der Waals surface area contributed by atoms with Crippen LogP contribution in [0.25, 0.3) is 0 Å². The van der Waals surface area contributed by atoms with Crippen molar-refractivity contribution in [3.8, 4) is 11.8 Å². The van der Waals surface area contributed by atoms with E-state index in [4.69, 9.17) is 4.74 Å². The lowest BCUT2D eigenvalue weighted by molar-refractivity contribution is -0.164. The first-order valence-corrected chi connectivity index (χ1v) is 11.0. The van der Waals surface area contributed by atoms with Crippen LogP contribution in [0.5, 0.6) is 5.75 Å². The van der Waals surface area contributed by atoms with E-state index in [0.29, 0.717) is 25.4 Å². The van der Waals surface area contributed by atoms with Gasteiger partial charge in [0.1, 0.15) is 11.3 Å². The highest BCUT2D eigenvalue weighted by atomic mass is 16.5. The standard InChI is InChI=1S/C26H31N3O2/c1-19(2)14-29-23(21-8-6-5-7-9-21)25(3,17-27)16-26(29)18-28(24(26)30)15-20-10-12-22(31-4)13-11-20/h5-13,19,23H,14-16,18H2,1-4H3. The van der Waals surface area contributed by atoms with Gasteiger partial charge in [-0.05, 0) is 42.5 Å². The lowest BCUT2D eigenvalue weighted by atomic mass is 9.75. The zero-order valence-electron chi connectivity index (χ0n) is 18.8. The van der Waals surface area contributed by atoms with Gasteiger partial charge in [-0.3, -0.25) is 9.69 Å². The van der Waals surface area contributed by atoms with Crippen LogP contribution in [0.1, 0.15) is 44.4 Å². The van der Waals surface area contributed by atoms with Gasteiger partial charge in [0, 0.05) is 19.6 Å². The summed E-state index contributed by atoms with van der Waals surface area (Å²) < 4.78 is 5.23. The first-order valence-electron chi connectivity index (χ1n) is 11.0. The number of methoxy groups -OCH3 is 1. The second-order valence-corrected chi connectivity index (χ2v) is 9.61. The van der Waals surface area contributed by atoms with Gasteiger partial charge in [-0.2, -0.15) is 5.26 Å². The van der Waals surface area contributed by atoms with E-state index in [2.05, 4.69) is 36.9 Å². The van der Waals surface area contributed by atoms with Gasteiger partial charge in [-0.15, -0.1) is 0 Å². The molecule has 5 heteroatoms. The molecule has 5 nitrogen and oxygen atoms in total. The SMILES string of the molecule is COc1ccc(CN2CC3(CC(C)(C#N)C(c4ccccc4)N3CC(C)C)C2=O)cc1. The Balaban J connectivity index is 1.63. The third-order valence-corrected chi connectivity index (χ3v) is 6.73. The summed E-state index contributed by atoms with van der Waals surface area (Å²) in [5, 5.41) is 10.2. The van der Waals surface area contributed by atoms with Crippen molar-refractivity contribution in [2.24, 2.45) is 11.3 Å². The smallest absolute Gasteiger partial charge is 0.245 e. The maximum atomic E-state index is 13.6. The van der Waals surface area contributed by atoms with Crippen molar-refractivity contribution < 1.29 is 9.53 Å². The van der Waals surface area contributed by atoms with Crippen molar-refractivity contribution in [3.63, 3.8) is 0 Å². The van der Waals surface area contributed by atoms with Crippen molar-refractivity contribution in [1.29, 1.82) is 5.26 Å². The Morgan fingerprint density at radius 2 is 1.84 bits per heavy atom. The monoisotopic (exact) mass is 417 g/mol. The van der Waals surface area contributed by atoms with Crippen LogP contribution in [0.15, 0.2) is 54.6 Å². The molecule has 2 aliphatic heterocycles. The van der Waals surface area contributed by atoms with Gasteiger partial charge in [0.25, 0.3) is 0 Å². The molecular formula is C26H31N3O2. The zero-order chi connectivity index (χ0) is 22.2. The highest BCUT2D eigenvalue weighted by Gasteiger charge is 2.67. The number of hydrogen-bond acceptors (Lipinski definition) is 4. The maximum Gasteiger partial charge on any atom is 0.245 e. The molecule has 31 heavy (non-hydrogen) atoms. The molecular weight excluding hydrogens is 386 g/mol. The largest absolute Gasteiger partial charge is 0.497 e. The van der Waals surface area contributed by atoms with Gasteiger partial charge in [-0.1, -0.05) is 56.3 Å². The van der Waals surface area contributed by atoms with Crippen molar-refractivity contribution in [1.82, 2.24) is 9.80 Å². The Morgan fingerprint density at radius 1 is 1.16 bits per heavy atom. The molecule has 3 atom stereocenters. The topological polar surface area (TPSA) is 56.6 Å². The molecule has 0 bridgehead atoms. The highest BCUT2D eigenvalue weighted by Crippen LogP contribution is 2.57. The number of rotatable bonds is 6. The van der Waals surface area contributed by atoms with Crippen molar-refractivity contribution in [2.45, 2.75) is 45.3 Å². The Kier molecular flexibility index (Phi) is 5.53. The molecule has 162 valence electrons. The second-order valence-electron chi connectivity index (χ2n) is 9.61. The molecule has 1 spiro atoms. The van der Waals surface area contributed by atoms with Crippen LogP contribution in [0.4, 0.5) is 0 Å². The lowest BCUT2D eigenvalue weighted by Gasteiger charge is -2.52. The predicted molar refractivity (Wildman–Crippen MR) is 120 cm³/mol. The Bertz CT molecular complexity index is 982. The molecule has 1 amide bonds. The lowest BCUT2D eigenvalue weighted by Crippen LogP contribution is -2.72. The maximum absolute atomic E-state index is 13.6. The van der Waals surface area contributed by atoms with Crippen LogP contribution < -0.4 is 4.74 Å². The minimum atomic E-state index is -0.613. The number of β-lactam (4-membered cyclic amide) rings is 1. The third kappa shape index (κ3) is 3.59. The third-order valence-electron chi connectivity index (χ3n) is 6.73. The van der Waals surface area contributed by atoms with Crippen LogP contribution >= 0.6 is 0 Å². The number of nitrogens with zero attached hydrogens (tertiary/aromatic N) is 3. The number of nitriles is 1. The molecule has 0 saturated carbocycles. The van der Waals surface area contributed by atoms with E-state index in [1.807, 2.05) is 54.3 Å². The second kappa shape index (κ2) is 8.01. The molecule has 2 fully saturated rings. The number of carbonyl (C=O) groups excluding carboxylic acids is 1. The Morgan fingerprint density at radius 3 is 2.39 bits per heavy atom. The number of amides is 1. The van der Waals surface area contributed by atoms with Crippen LogP contribution in [0.2, 0.25) is 0 Å². The van der Waals surface area contributed by atoms with E-state index in [9.17, 15) is 10.1 Å². The number of likely N-dealkylation sites (tertiary alicyclic amines) is 2. The fourth-order valence-corrected chi connectivity index (χ4v) is 5.44. The number of hydrogen-bond donors (Lipinski definition) is 0. The fraction of sp³-hybridized carbons (Fsp3) is 0.462. The molecule has 2 saturated heterocycles. The van der Waals surface area contributed by atoms with Crippen LogP contribution in [0, 0.1) is 22.7 Å². The quantitative estimate of drug-likeness (QED) is 0.654. The summed E-state index contributed by atoms with van der Waals surface area (Å²) >= 11 is 0. The first-order chi connectivity index (χ1) is 14.8. The number of carbonyl (C=O) groups is 1. The zero-order valence-corrected chi connectivity index (χ0v) is 18.8. The summed E-state index contributed by atoms with van der Waals surface area (Å²) in [7, 11) is 1.65. The van der Waals surface area contributed by atoms with Crippen LogP contribution in [-0.4, -0.2) is 41.4 Å². The van der Waals surface area contributed by atoms with Crippen LogP contribution in [-0.2, 0) is 11.3 Å². The van der Waals surface area contributed by atoms with E-state index in [0.717, 1.165) is 23.4 Å². The minimum Gasteiger partial charge on any atom is -0.497 e. The molecule has 2 aromatic carbocycles. The first kappa shape index (κ1) is 21.4. The van der Waals surface area contributed by atoms with Gasteiger partial charge in [0.15, 0.2) is 0 Å². The van der Waals surface area contributed by atoms with E-state index in [1.54, 1.807) is 7.11 Å². The van der Waals surface area contributed by atoms with E-state index < -0.39 is 11.0 Å². The molecule has 0 aliphatic carbocycles. The fourth-order valence-electron chi connectivity index (χ4n) is 5.44. The van der Waals surface area contributed by atoms with Gasteiger partial charge in [-0.25, -0.2) is 0 Å². The predicted octanol–water partition coefficient (Wildman–Crippen LogP) is 4.41. The molecule has 0 aromatic heterocycles. The normalized spacial score (nSPS) is 28.1. The van der Waals surface area contributed by atoms with Gasteiger partial charge in [0.05, 0.1) is 24.6 Å².